The number of hydrogen-bond donors (Lipinski definition) is 1. The maximum Gasteiger partial charge on any atom is 0.0208 e. The second-order valence-electron chi connectivity index (χ2n) is 5.87. The van der Waals surface area contributed by atoms with Crippen molar-refractivity contribution < 1.29 is 0 Å². The zero-order valence-corrected chi connectivity index (χ0v) is 12.8. The molecule has 20 heavy (non-hydrogen) atoms. The summed E-state index contributed by atoms with van der Waals surface area (Å²) < 4.78 is 0. The maximum absolute atomic E-state index is 3.58. The van der Waals surface area contributed by atoms with E-state index in [1.54, 1.807) is 0 Å². The summed E-state index contributed by atoms with van der Waals surface area (Å²) in [4.78, 5) is 0. The lowest BCUT2D eigenvalue weighted by molar-refractivity contribution is 0.545. The molecule has 2 aromatic carbocycles. The summed E-state index contributed by atoms with van der Waals surface area (Å²) >= 11 is 0. The molecule has 1 atom stereocenters. The summed E-state index contributed by atoms with van der Waals surface area (Å²) in [5.41, 5.74) is 4.16. The van der Waals surface area contributed by atoms with Gasteiger partial charge in [-0.2, -0.15) is 0 Å². The molecule has 0 radical (unpaired) electrons. The van der Waals surface area contributed by atoms with Crippen LogP contribution in [-0.4, -0.2) is 6.04 Å². The van der Waals surface area contributed by atoms with Gasteiger partial charge in [0.25, 0.3) is 0 Å². The zero-order chi connectivity index (χ0) is 14.4. The van der Waals surface area contributed by atoms with Gasteiger partial charge in [0.15, 0.2) is 0 Å². The Morgan fingerprint density at radius 3 is 2.05 bits per heavy atom. The highest BCUT2D eigenvalue weighted by Crippen LogP contribution is 2.15. The van der Waals surface area contributed by atoms with Crippen molar-refractivity contribution in [2.75, 3.05) is 0 Å². The Hall–Kier alpha value is -1.60. The van der Waals surface area contributed by atoms with E-state index in [2.05, 4.69) is 80.7 Å². The standard InChI is InChI=1S/C19H25N/c1-15(2)19-11-9-17(10-12-19)13-16(3)20-14-18-7-5-4-6-8-18/h4-12,15-16,20H,13-14H2,1-3H3. The summed E-state index contributed by atoms with van der Waals surface area (Å²) in [6, 6.07) is 20.1. The van der Waals surface area contributed by atoms with Gasteiger partial charge in [-0.3, -0.25) is 0 Å². The molecule has 0 fully saturated rings. The SMILES string of the molecule is CC(Cc1ccc(C(C)C)cc1)NCc1ccccc1. The van der Waals surface area contributed by atoms with Crippen molar-refractivity contribution in [3.8, 4) is 0 Å². The molecule has 1 unspecified atom stereocenters. The van der Waals surface area contributed by atoms with Crippen LogP contribution < -0.4 is 5.32 Å². The third kappa shape index (κ3) is 4.50. The van der Waals surface area contributed by atoms with Gasteiger partial charge in [0.05, 0.1) is 0 Å². The van der Waals surface area contributed by atoms with Crippen LogP contribution in [-0.2, 0) is 13.0 Å². The Morgan fingerprint density at radius 2 is 1.45 bits per heavy atom. The smallest absolute Gasteiger partial charge is 0.0208 e. The van der Waals surface area contributed by atoms with E-state index in [4.69, 9.17) is 0 Å². The van der Waals surface area contributed by atoms with Crippen LogP contribution in [0.15, 0.2) is 54.6 Å². The fourth-order valence-corrected chi connectivity index (χ4v) is 2.35. The minimum atomic E-state index is 0.486. The van der Waals surface area contributed by atoms with Crippen molar-refractivity contribution >= 4 is 0 Å². The molecule has 0 aliphatic carbocycles. The Labute approximate surface area is 123 Å². The number of hydrogen-bond acceptors (Lipinski definition) is 1. The Bertz CT molecular complexity index is 499. The Morgan fingerprint density at radius 1 is 0.800 bits per heavy atom. The lowest BCUT2D eigenvalue weighted by atomic mass is 9.99. The highest BCUT2D eigenvalue weighted by Gasteiger charge is 2.04. The third-order valence-electron chi connectivity index (χ3n) is 3.69. The average Bonchev–Trinajstić information content (AvgIpc) is 2.47. The van der Waals surface area contributed by atoms with Crippen molar-refractivity contribution in [2.24, 2.45) is 0 Å². The lowest BCUT2D eigenvalue weighted by Crippen LogP contribution is -2.27. The minimum Gasteiger partial charge on any atom is -0.310 e. The van der Waals surface area contributed by atoms with Crippen LogP contribution in [0.25, 0.3) is 0 Å². The first-order valence-electron chi connectivity index (χ1n) is 7.51. The molecule has 1 N–H and O–H groups in total. The van der Waals surface area contributed by atoms with Gasteiger partial charge in [-0.15, -0.1) is 0 Å². The molecule has 0 saturated carbocycles. The number of nitrogens with one attached hydrogen (secondary N) is 1. The molecule has 2 rings (SSSR count). The highest BCUT2D eigenvalue weighted by molar-refractivity contribution is 5.25. The van der Waals surface area contributed by atoms with Gasteiger partial charge >= 0.3 is 0 Å². The molecule has 0 aromatic heterocycles. The van der Waals surface area contributed by atoms with Gasteiger partial charge in [0, 0.05) is 12.6 Å². The fourth-order valence-electron chi connectivity index (χ4n) is 2.35. The van der Waals surface area contributed by atoms with Crippen LogP contribution in [0, 0.1) is 0 Å². The van der Waals surface area contributed by atoms with Gasteiger partial charge in [-0.1, -0.05) is 68.4 Å². The molecule has 0 aliphatic rings. The largest absolute Gasteiger partial charge is 0.310 e. The molecule has 0 bridgehead atoms. The third-order valence-corrected chi connectivity index (χ3v) is 3.69. The van der Waals surface area contributed by atoms with Crippen LogP contribution in [0.2, 0.25) is 0 Å². The molecule has 1 nitrogen and oxygen atoms in total. The van der Waals surface area contributed by atoms with Gasteiger partial charge in [-0.05, 0) is 36.0 Å². The van der Waals surface area contributed by atoms with Crippen molar-refractivity contribution in [1.29, 1.82) is 0 Å². The molecule has 2 aromatic rings. The molecule has 0 amide bonds. The van der Waals surface area contributed by atoms with Crippen LogP contribution in [0.3, 0.4) is 0 Å². The zero-order valence-electron chi connectivity index (χ0n) is 12.8. The summed E-state index contributed by atoms with van der Waals surface area (Å²) in [6.07, 6.45) is 1.07. The Balaban J connectivity index is 1.83. The van der Waals surface area contributed by atoms with E-state index in [0.717, 1.165) is 13.0 Å². The molecule has 106 valence electrons. The predicted molar refractivity (Wildman–Crippen MR) is 87.0 cm³/mol. The van der Waals surface area contributed by atoms with Crippen LogP contribution >= 0.6 is 0 Å². The first-order valence-corrected chi connectivity index (χ1v) is 7.51. The summed E-state index contributed by atoms with van der Waals surface area (Å²) in [5, 5.41) is 3.58. The topological polar surface area (TPSA) is 12.0 Å². The summed E-state index contributed by atoms with van der Waals surface area (Å²) in [5.74, 6) is 0.609. The Kier molecular flexibility index (Phi) is 5.37. The fraction of sp³-hybridized carbons (Fsp3) is 0.368. The lowest BCUT2D eigenvalue weighted by Gasteiger charge is -2.14. The van der Waals surface area contributed by atoms with Gasteiger partial charge < -0.3 is 5.32 Å². The van der Waals surface area contributed by atoms with Gasteiger partial charge in [0.2, 0.25) is 0 Å². The average molecular weight is 267 g/mol. The van der Waals surface area contributed by atoms with E-state index >= 15 is 0 Å². The predicted octanol–water partition coefficient (Wildman–Crippen LogP) is 4.53. The van der Waals surface area contributed by atoms with Crippen molar-refractivity contribution in [3.05, 3.63) is 71.3 Å². The molecular weight excluding hydrogens is 242 g/mol. The summed E-state index contributed by atoms with van der Waals surface area (Å²) in [7, 11) is 0. The quantitative estimate of drug-likeness (QED) is 0.810. The molecular formula is C19H25N. The van der Waals surface area contributed by atoms with E-state index in [1.807, 2.05) is 0 Å². The summed E-state index contributed by atoms with van der Waals surface area (Å²) in [6.45, 7) is 7.66. The van der Waals surface area contributed by atoms with E-state index in [9.17, 15) is 0 Å². The van der Waals surface area contributed by atoms with E-state index < -0.39 is 0 Å². The molecule has 0 aliphatic heterocycles. The van der Waals surface area contributed by atoms with Crippen LogP contribution in [0.1, 0.15) is 43.4 Å². The second kappa shape index (κ2) is 7.25. The highest BCUT2D eigenvalue weighted by atomic mass is 14.9. The monoisotopic (exact) mass is 267 g/mol. The van der Waals surface area contributed by atoms with E-state index in [-0.39, 0.29) is 0 Å². The molecule has 0 heterocycles. The first-order chi connectivity index (χ1) is 9.65. The number of rotatable bonds is 6. The van der Waals surface area contributed by atoms with Crippen LogP contribution in [0.4, 0.5) is 0 Å². The number of benzene rings is 2. The van der Waals surface area contributed by atoms with Crippen molar-refractivity contribution in [3.63, 3.8) is 0 Å². The normalized spacial score (nSPS) is 12.6. The molecule has 1 heteroatoms. The van der Waals surface area contributed by atoms with Crippen molar-refractivity contribution in [1.82, 2.24) is 5.32 Å². The molecule has 0 saturated heterocycles. The maximum atomic E-state index is 3.58. The first kappa shape index (κ1) is 14.8. The van der Waals surface area contributed by atoms with Crippen LogP contribution in [0.5, 0.6) is 0 Å². The van der Waals surface area contributed by atoms with E-state index in [0.29, 0.717) is 12.0 Å². The minimum absolute atomic E-state index is 0.486. The van der Waals surface area contributed by atoms with Gasteiger partial charge in [0.1, 0.15) is 0 Å². The van der Waals surface area contributed by atoms with Gasteiger partial charge in [-0.25, -0.2) is 0 Å². The van der Waals surface area contributed by atoms with E-state index in [1.165, 1.54) is 16.7 Å². The van der Waals surface area contributed by atoms with Crippen molar-refractivity contribution in [2.45, 2.75) is 45.7 Å². The molecule has 0 spiro atoms. The second-order valence-corrected chi connectivity index (χ2v) is 5.87.